The van der Waals surface area contributed by atoms with Gasteiger partial charge in [0, 0.05) is 21.3 Å². The predicted octanol–water partition coefficient (Wildman–Crippen LogP) is -1.52. The molecule has 0 aliphatic heterocycles. The van der Waals surface area contributed by atoms with E-state index in [4.69, 9.17) is 43.6 Å². The number of ether oxygens (including phenoxy) is 3. The highest BCUT2D eigenvalue weighted by Crippen LogP contribution is 2.51. The first kappa shape index (κ1) is 25.2. The molecule has 0 aromatic rings. The maximum Gasteiger partial charge on any atom is 0.470 e. The summed E-state index contributed by atoms with van der Waals surface area (Å²) in [7, 11) is -12.7. The van der Waals surface area contributed by atoms with Gasteiger partial charge in [-0.1, -0.05) is 0 Å². The molecule has 0 heterocycles. The van der Waals surface area contributed by atoms with E-state index in [9.17, 15) is 13.7 Å². The van der Waals surface area contributed by atoms with Gasteiger partial charge < -0.3 is 43.6 Å². The lowest BCUT2D eigenvalue weighted by molar-refractivity contribution is -0.232. The second-order valence-corrected chi connectivity index (χ2v) is 8.86. The Bertz CT molecular complexity index is 582. The normalized spacial score (nSPS) is 33.2. The molecule has 1 saturated carbocycles. The van der Waals surface area contributed by atoms with Crippen LogP contribution < -0.4 is 0 Å². The Labute approximate surface area is 153 Å². The zero-order valence-corrected chi connectivity index (χ0v) is 16.8. The van der Waals surface area contributed by atoms with E-state index in [2.05, 4.69) is 13.6 Å². The molecular weight excluding hydrogens is 441 g/mol. The lowest BCUT2D eigenvalue weighted by Crippen LogP contribution is -2.66. The van der Waals surface area contributed by atoms with Gasteiger partial charge in [-0.2, -0.15) is 0 Å². The Hall–Kier alpha value is 0.210. The van der Waals surface area contributed by atoms with Gasteiger partial charge in [0.05, 0.1) is 0 Å². The van der Waals surface area contributed by atoms with Crippen molar-refractivity contribution >= 4 is 23.5 Å². The molecule has 1 fully saturated rings. The third-order valence-corrected chi connectivity index (χ3v) is 5.09. The highest BCUT2D eigenvalue weighted by atomic mass is 31.2. The smallest absolute Gasteiger partial charge is 0.376 e. The van der Waals surface area contributed by atoms with Crippen molar-refractivity contribution in [3.8, 4) is 0 Å². The molecule has 1 aliphatic rings. The van der Waals surface area contributed by atoms with Crippen molar-refractivity contribution < 1.29 is 70.8 Å². The minimum atomic E-state index is -5.36. The highest BCUT2D eigenvalue weighted by molar-refractivity contribution is 7.47. The Balaban J connectivity index is 3.53. The molecule has 0 spiro atoms. The van der Waals surface area contributed by atoms with Gasteiger partial charge in [0.25, 0.3) is 0 Å². The van der Waals surface area contributed by atoms with Crippen molar-refractivity contribution in [1.29, 1.82) is 0 Å². The van der Waals surface area contributed by atoms with Gasteiger partial charge in [0.2, 0.25) is 0 Å². The number of rotatable bonds is 9. The van der Waals surface area contributed by atoms with Crippen LogP contribution in [0.5, 0.6) is 0 Å². The van der Waals surface area contributed by atoms with E-state index in [1.807, 2.05) is 0 Å². The summed E-state index contributed by atoms with van der Waals surface area (Å²) in [5.41, 5.74) is 0. The largest absolute Gasteiger partial charge is 0.470 e. The molecule has 18 heteroatoms. The standard InChI is InChI=1S/C9H21O15P3/c1-19-4-5(20-2)7(22-25(10,11)12)9(24-27(16,17)18)8(6(4)21-3)23-26(13,14)15/h4-9H,1-3H3,(H2,10,11,12)(H2,13,14,15)(H2,16,17,18)/t4-,5-,6+,7-,8-,9-/m0/s1. The molecule has 6 atom stereocenters. The highest BCUT2D eigenvalue weighted by Gasteiger charge is 2.58. The summed E-state index contributed by atoms with van der Waals surface area (Å²) in [6.45, 7) is 0. The van der Waals surface area contributed by atoms with Crippen molar-refractivity contribution in [1.82, 2.24) is 0 Å². The topological polar surface area (TPSA) is 228 Å². The first-order valence-corrected chi connectivity index (χ1v) is 11.5. The van der Waals surface area contributed by atoms with E-state index >= 15 is 0 Å². The summed E-state index contributed by atoms with van der Waals surface area (Å²) in [6, 6.07) is 0. The van der Waals surface area contributed by atoms with Crippen molar-refractivity contribution in [2.75, 3.05) is 21.3 Å². The monoisotopic (exact) mass is 462 g/mol. The van der Waals surface area contributed by atoms with Crippen LogP contribution in [0.1, 0.15) is 0 Å². The maximum absolute atomic E-state index is 11.3. The van der Waals surface area contributed by atoms with Gasteiger partial charge in [-0.05, 0) is 0 Å². The molecule has 0 aromatic heterocycles. The van der Waals surface area contributed by atoms with Crippen LogP contribution in [-0.4, -0.2) is 87.3 Å². The second kappa shape index (κ2) is 9.35. The molecular formula is C9H21O15P3. The molecule has 0 aromatic carbocycles. The van der Waals surface area contributed by atoms with E-state index in [0.29, 0.717) is 0 Å². The average molecular weight is 462 g/mol. The van der Waals surface area contributed by atoms with Gasteiger partial charge in [-0.15, -0.1) is 0 Å². The van der Waals surface area contributed by atoms with Crippen LogP contribution in [0.15, 0.2) is 0 Å². The van der Waals surface area contributed by atoms with E-state index in [0.717, 1.165) is 21.3 Å². The zero-order chi connectivity index (χ0) is 21.2. The van der Waals surface area contributed by atoms with E-state index in [-0.39, 0.29) is 0 Å². The van der Waals surface area contributed by atoms with E-state index in [1.54, 1.807) is 0 Å². The molecule has 0 radical (unpaired) electrons. The fourth-order valence-electron chi connectivity index (χ4n) is 2.76. The second-order valence-electron chi connectivity index (χ2n) is 5.28. The minimum Gasteiger partial charge on any atom is -0.376 e. The third kappa shape index (κ3) is 7.52. The van der Waals surface area contributed by atoms with Crippen LogP contribution in [0.4, 0.5) is 0 Å². The van der Waals surface area contributed by atoms with Crippen molar-refractivity contribution in [2.45, 2.75) is 36.6 Å². The lowest BCUT2D eigenvalue weighted by Gasteiger charge is -2.47. The molecule has 0 bridgehead atoms. The summed E-state index contributed by atoms with van der Waals surface area (Å²) in [5, 5.41) is 0. The minimum absolute atomic E-state index is 1.07. The van der Waals surface area contributed by atoms with Crippen LogP contribution in [0.25, 0.3) is 0 Å². The third-order valence-electron chi connectivity index (χ3n) is 3.54. The fraction of sp³-hybridized carbons (Fsp3) is 1.00. The molecule has 27 heavy (non-hydrogen) atoms. The van der Waals surface area contributed by atoms with Crippen LogP contribution in [-0.2, 0) is 41.5 Å². The molecule has 1 aliphatic carbocycles. The van der Waals surface area contributed by atoms with E-state index < -0.39 is 60.1 Å². The predicted molar refractivity (Wildman–Crippen MR) is 83.1 cm³/mol. The number of phosphoric ester groups is 3. The van der Waals surface area contributed by atoms with Gasteiger partial charge in [0.1, 0.15) is 36.6 Å². The molecule has 0 amide bonds. The van der Waals surface area contributed by atoms with Gasteiger partial charge in [-0.25, -0.2) is 13.7 Å². The summed E-state index contributed by atoms with van der Waals surface area (Å²) < 4.78 is 62.6. The summed E-state index contributed by atoms with van der Waals surface area (Å²) in [5.74, 6) is 0. The lowest BCUT2D eigenvalue weighted by atomic mass is 9.84. The summed E-state index contributed by atoms with van der Waals surface area (Å²) >= 11 is 0. The Morgan fingerprint density at radius 3 is 0.852 bits per heavy atom. The summed E-state index contributed by atoms with van der Waals surface area (Å²) in [4.78, 5) is 54.7. The fourth-order valence-corrected chi connectivity index (χ4v) is 4.43. The van der Waals surface area contributed by atoms with Crippen molar-refractivity contribution in [2.24, 2.45) is 0 Å². The summed E-state index contributed by atoms with van der Waals surface area (Å²) in [6.07, 6.45) is -10.3. The SMILES string of the molecule is CO[C@@H]1[C@@H](OC)[C@H](OP(=O)(O)O)[C@@H](OP(=O)(O)O)[C@@H](OP(=O)(O)O)[C@H]1OC. The van der Waals surface area contributed by atoms with Crippen molar-refractivity contribution in [3.63, 3.8) is 0 Å². The molecule has 15 nitrogen and oxygen atoms in total. The first-order valence-electron chi connectivity index (χ1n) is 6.93. The quantitative estimate of drug-likeness (QED) is 0.214. The first-order chi connectivity index (χ1) is 12.1. The molecule has 0 saturated heterocycles. The zero-order valence-electron chi connectivity index (χ0n) is 14.2. The number of phosphoric acid groups is 3. The van der Waals surface area contributed by atoms with Crippen LogP contribution >= 0.6 is 23.5 Å². The van der Waals surface area contributed by atoms with Crippen LogP contribution in [0.2, 0.25) is 0 Å². The van der Waals surface area contributed by atoms with Crippen LogP contribution in [0, 0.1) is 0 Å². The Morgan fingerprint density at radius 1 is 0.481 bits per heavy atom. The van der Waals surface area contributed by atoms with Crippen molar-refractivity contribution in [3.05, 3.63) is 0 Å². The Kier molecular flexibility index (Phi) is 8.74. The van der Waals surface area contributed by atoms with E-state index in [1.165, 1.54) is 0 Å². The molecule has 162 valence electrons. The van der Waals surface area contributed by atoms with Gasteiger partial charge in [0.15, 0.2) is 0 Å². The Morgan fingerprint density at radius 2 is 0.667 bits per heavy atom. The molecule has 0 unspecified atom stereocenters. The van der Waals surface area contributed by atoms with Gasteiger partial charge in [-0.3, -0.25) is 13.6 Å². The molecule has 6 N–H and O–H groups in total. The average Bonchev–Trinajstić information content (AvgIpc) is 2.46. The molecule has 1 rings (SSSR count). The number of methoxy groups -OCH3 is 3. The maximum atomic E-state index is 11.3. The van der Waals surface area contributed by atoms with Gasteiger partial charge >= 0.3 is 23.5 Å². The number of hydrogen-bond acceptors (Lipinski definition) is 9. The van der Waals surface area contributed by atoms with Crippen LogP contribution in [0.3, 0.4) is 0 Å². The number of hydrogen-bond donors (Lipinski definition) is 6.